The van der Waals surface area contributed by atoms with Crippen molar-refractivity contribution >= 4 is 13.7 Å². The Kier molecular flexibility index (Phi) is 34.5. The lowest BCUT2D eigenvalue weighted by atomic mass is 10.0. The second-order valence-corrected chi connectivity index (χ2v) is 15.0. The van der Waals surface area contributed by atoms with Crippen molar-refractivity contribution in [2.75, 3.05) is 19.8 Å². The van der Waals surface area contributed by atoms with E-state index in [2.05, 4.69) is 19.2 Å². The number of phosphoric ester groups is 1. The fourth-order valence-electron chi connectivity index (χ4n) is 5.84. The molecule has 0 bridgehead atoms. The van der Waals surface area contributed by atoms with Gasteiger partial charge < -0.3 is 21.1 Å². The number of unbranched alkanes of at least 4 members (excludes halogenated alkanes) is 25. The highest BCUT2D eigenvalue weighted by atomic mass is 31.2. The zero-order valence-electron chi connectivity index (χ0n) is 30.8. The molecule has 0 aliphatic heterocycles. The Morgan fingerprint density at radius 3 is 1.51 bits per heavy atom. The molecular weight excluding hydrogens is 611 g/mol. The standard InChI is InChI=1S/C38H77N2O6P/c1-3-5-7-9-11-13-15-17-18-20-21-23-25-27-29-31-37(41)36(35-46-47(43,44)45-34-33-39)40-38(42)32-30-28-26-24-22-19-16-14-12-10-8-6-4-2/h29,31,36-37,41H,3-28,30,32-35,39H2,1-2H3,(H,40,42)(H,43,44)/b31-29+/t36-,37+/m0/s1. The summed E-state index contributed by atoms with van der Waals surface area (Å²) in [7, 11) is -4.33. The fraction of sp³-hybridized carbons (Fsp3) is 0.921. The Morgan fingerprint density at radius 2 is 1.09 bits per heavy atom. The number of rotatable bonds is 37. The van der Waals surface area contributed by atoms with Gasteiger partial charge in [0.15, 0.2) is 0 Å². The number of hydrogen-bond acceptors (Lipinski definition) is 6. The van der Waals surface area contributed by atoms with Crippen LogP contribution in [0.5, 0.6) is 0 Å². The summed E-state index contributed by atoms with van der Waals surface area (Å²) in [6.45, 7) is 4.13. The second kappa shape index (κ2) is 35.1. The predicted molar refractivity (Wildman–Crippen MR) is 198 cm³/mol. The quantitative estimate of drug-likeness (QED) is 0.0290. The molecule has 5 N–H and O–H groups in total. The Labute approximate surface area is 290 Å². The molecule has 8 nitrogen and oxygen atoms in total. The van der Waals surface area contributed by atoms with Crippen molar-refractivity contribution in [1.29, 1.82) is 0 Å². The van der Waals surface area contributed by atoms with Gasteiger partial charge >= 0.3 is 7.82 Å². The molecule has 3 atom stereocenters. The molecule has 0 aliphatic rings. The van der Waals surface area contributed by atoms with E-state index in [-0.39, 0.29) is 25.7 Å². The Morgan fingerprint density at radius 1 is 0.681 bits per heavy atom. The van der Waals surface area contributed by atoms with Crippen LogP contribution < -0.4 is 11.1 Å². The molecule has 0 aromatic rings. The predicted octanol–water partition coefficient (Wildman–Crippen LogP) is 10.4. The molecule has 1 amide bonds. The van der Waals surface area contributed by atoms with E-state index in [0.29, 0.717) is 6.42 Å². The van der Waals surface area contributed by atoms with Crippen molar-refractivity contribution in [3.05, 3.63) is 12.2 Å². The highest BCUT2D eigenvalue weighted by molar-refractivity contribution is 7.47. The lowest BCUT2D eigenvalue weighted by molar-refractivity contribution is -0.123. The molecule has 0 heterocycles. The van der Waals surface area contributed by atoms with Crippen LogP contribution in [0.15, 0.2) is 12.2 Å². The van der Waals surface area contributed by atoms with E-state index in [0.717, 1.165) is 38.5 Å². The normalized spacial score (nSPS) is 14.4. The first-order valence-electron chi connectivity index (χ1n) is 19.8. The van der Waals surface area contributed by atoms with E-state index in [4.69, 9.17) is 14.8 Å². The minimum Gasteiger partial charge on any atom is -0.387 e. The maximum Gasteiger partial charge on any atom is 0.472 e. The molecule has 280 valence electrons. The highest BCUT2D eigenvalue weighted by Gasteiger charge is 2.26. The van der Waals surface area contributed by atoms with E-state index in [9.17, 15) is 19.4 Å². The summed E-state index contributed by atoms with van der Waals surface area (Å²) in [6, 6.07) is -0.852. The van der Waals surface area contributed by atoms with Gasteiger partial charge in [-0.25, -0.2) is 4.57 Å². The van der Waals surface area contributed by atoms with Gasteiger partial charge in [-0.3, -0.25) is 13.8 Å². The summed E-state index contributed by atoms with van der Waals surface area (Å²) in [5.74, 6) is -0.193. The molecular formula is C38H77N2O6P. The SMILES string of the molecule is CCCCCCCCCCCCCCC/C=C/[C@@H](O)[C@H](COP(=O)(O)OCCN)NC(=O)CCCCCCCCCCCCCCC. The van der Waals surface area contributed by atoms with Gasteiger partial charge in [-0.15, -0.1) is 0 Å². The lowest BCUT2D eigenvalue weighted by Gasteiger charge is -2.23. The van der Waals surface area contributed by atoms with Crippen LogP contribution in [0.4, 0.5) is 0 Å². The van der Waals surface area contributed by atoms with Crippen LogP contribution in [0.3, 0.4) is 0 Å². The van der Waals surface area contributed by atoms with Gasteiger partial charge in [0, 0.05) is 13.0 Å². The number of allylic oxidation sites excluding steroid dienone is 1. The van der Waals surface area contributed by atoms with Crippen molar-refractivity contribution in [2.45, 2.75) is 206 Å². The van der Waals surface area contributed by atoms with Crippen LogP contribution in [0.1, 0.15) is 194 Å². The summed E-state index contributed by atoms with van der Waals surface area (Å²) in [4.78, 5) is 22.6. The van der Waals surface area contributed by atoms with Crippen molar-refractivity contribution in [1.82, 2.24) is 5.32 Å². The zero-order valence-corrected chi connectivity index (χ0v) is 31.7. The van der Waals surface area contributed by atoms with E-state index in [1.807, 2.05) is 6.08 Å². The van der Waals surface area contributed by atoms with Gasteiger partial charge in [0.25, 0.3) is 0 Å². The molecule has 0 saturated heterocycles. The number of aliphatic hydroxyl groups excluding tert-OH is 1. The second-order valence-electron chi connectivity index (χ2n) is 13.5. The first-order chi connectivity index (χ1) is 22.9. The maximum atomic E-state index is 12.7. The highest BCUT2D eigenvalue weighted by Crippen LogP contribution is 2.43. The molecule has 0 aliphatic carbocycles. The number of amides is 1. The zero-order chi connectivity index (χ0) is 34.7. The summed E-state index contributed by atoms with van der Waals surface area (Å²) in [5, 5.41) is 13.6. The van der Waals surface area contributed by atoms with E-state index in [1.165, 1.54) is 135 Å². The Balaban J connectivity index is 4.27. The molecule has 0 spiro atoms. The first kappa shape index (κ1) is 46.2. The Hall–Kier alpha value is -0.760. The molecule has 0 rings (SSSR count). The topological polar surface area (TPSA) is 131 Å². The van der Waals surface area contributed by atoms with Gasteiger partial charge in [0.1, 0.15) is 0 Å². The summed E-state index contributed by atoms with van der Waals surface area (Å²) >= 11 is 0. The molecule has 0 saturated carbocycles. The van der Waals surface area contributed by atoms with Crippen LogP contribution in [0.2, 0.25) is 0 Å². The fourth-order valence-corrected chi connectivity index (χ4v) is 6.60. The summed E-state index contributed by atoms with van der Waals surface area (Å²) in [6.07, 6.45) is 36.8. The van der Waals surface area contributed by atoms with E-state index >= 15 is 0 Å². The van der Waals surface area contributed by atoms with Crippen molar-refractivity contribution in [2.24, 2.45) is 5.73 Å². The van der Waals surface area contributed by atoms with Crippen LogP contribution >= 0.6 is 7.82 Å². The summed E-state index contributed by atoms with van der Waals surface area (Å²) < 4.78 is 22.0. The molecule has 0 fully saturated rings. The van der Waals surface area contributed by atoms with Gasteiger partial charge in [0.2, 0.25) is 5.91 Å². The summed E-state index contributed by atoms with van der Waals surface area (Å²) in [5.41, 5.74) is 5.36. The monoisotopic (exact) mass is 689 g/mol. The van der Waals surface area contributed by atoms with Crippen LogP contribution in [0.25, 0.3) is 0 Å². The third kappa shape index (κ3) is 33.5. The molecule has 9 heteroatoms. The van der Waals surface area contributed by atoms with Crippen LogP contribution in [-0.4, -0.2) is 47.8 Å². The van der Waals surface area contributed by atoms with Crippen molar-refractivity contribution in [3.8, 4) is 0 Å². The Bertz CT molecular complexity index is 754. The number of phosphoric acid groups is 1. The van der Waals surface area contributed by atoms with Gasteiger partial charge in [-0.05, 0) is 19.3 Å². The van der Waals surface area contributed by atoms with Crippen LogP contribution in [-0.2, 0) is 18.4 Å². The van der Waals surface area contributed by atoms with Crippen molar-refractivity contribution < 1.29 is 28.4 Å². The number of carbonyl (C=O) groups excluding carboxylic acids is 1. The minimum absolute atomic E-state index is 0.0811. The lowest BCUT2D eigenvalue weighted by Crippen LogP contribution is -2.45. The van der Waals surface area contributed by atoms with Crippen LogP contribution in [0, 0.1) is 0 Å². The largest absolute Gasteiger partial charge is 0.472 e. The third-order valence-corrected chi connectivity index (χ3v) is 9.85. The molecule has 0 aromatic heterocycles. The van der Waals surface area contributed by atoms with Crippen molar-refractivity contribution in [3.63, 3.8) is 0 Å². The molecule has 47 heavy (non-hydrogen) atoms. The molecule has 0 radical (unpaired) electrons. The number of aliphatic hydroxyl groups is 1. The van der Waals surface area contributed by atoms with Gasteiger partial charge in [-0.2, -0.15) is 0 Å². The average Bonchev–Trinajstić information content (AvgIpc) is 3.05. The number of nitrogens with two attached hydrogens (primary N) is 1. The number of nitrogens with one attached hydrogen (secondary N) is 1. The average molecular weight is 689 g/mol. The molecule has 1 unspecified atom stereocenters. The van der Waals surface area contributed by atoms with E-state index < -0.39 is 20.0 Å². The number of carbonyl (C=O) groups is 1. The third-order valence-electron chi connectivity index (χ3n) is 8.86. The van der Waals surface area contributed by atoms with E-state index in [1.54, 1.807) is 6.08 Å². The minimum atomic E-state index is -4.33. The van der Waals surface area contributed by atoms with Gasteiger partial charge in [-0.1, -0.05) is 180 Å². The maximum absolute atomic E-state index is 12.7. The van der Waals surface area contributed by atoms with Gasteiger partial charge in [0.05, 0.1) is 25.4 Å². The first-order valence-corrected chi connectivity index (χ1v) is 21.3. The molecule has 0 aromatic carbocycles. The number of hydrogen-bond donors (Lipinski definition) is 4. The smallest absolute Gasteiger partial charge is 0.387 e.